The van der Waals surface area contributed by atoms with E-state index in [0.717, 1.165) is 12.8 Å². The molecule has 0 spiro atoms. The predicted molar refractivity (Wildman–Crippen MR) is 120 cm³/mol. The number of phosphoric ester groups is 1. The number of likely N-dealkylation sites (N-methyl/N-ethyl adjacent to an activating group) is 1. The van der Waals surface area contributed by atoms with Gasteiger partial charge in [-0.15, -0.1) is 0 Å². The summed E-state index contributed by atoms with van der Waals surface area (Å²) in [6.45, 7) is 2.58. The fourth-order valence-electron chi connectivity index (χ4n) is 2.78. The molecule has 0 aliphatic carbocycles. The maximum Gasteiger partial charge on any atom is 0.472 e. The topological polar surface area (TPSA) is 105 Å². The van der Waals surface area contributed by atoms with Crippen LogP contribution in [0, 0.1) is 0 Å². The molecule has 0 saturated carbocycles. The Morgan fingerprint density at radius 1 is 1.00 bits per heavy atom. The van der Waals surface area contributed by atoms with E-state index >= 15 is 0 Å². The van der Waals surface area contributed by atoms with Gasteiger partial charge >= 0.3 is 7.82 Å². The SMILES string of the molecule is CCCCCCCCCCCC/C=C/[C@@H](O)[C@@H](N)COP(=O)(O)OCCN(C)C. The Morgan fingerprint density at radius 2 is 1.55 bits per heavy atom. The predicted octanol–water partition coefficient (Wildman–Crippen LogP) is 4.24. The standard InChI is InChI=1S/C21H45N2O5P/c1-4-5-6-7-8-9-10-11-12-13-14-15-16-21(24)20(22)19-28-29(25,26)27-18-17-23(2)3/h15-16,20-21,24H,4-14,17-19,22H2,1-3H3,(H,25,26)/b16-15+/t20-,21+/m0/s1. The lowest BCUT2D eigenvalue weighted by Crippen LogP contribution is -2.37. The Kier molecular flexibility index (Phi) is 18.3. The van der Waals surface area contributed by atoms with Gasteiger partial charge in [-0.3, -0.25) is 9.05 Å². The summed E-state index contributed by atoms with van der Waals surface area (Å²) in [5.41, 5.74) is 5.82. The third kappa shape index (κ3) is 19.4. The van der Waals surface area contributed by atoms with Gasteiger partial charge in [0, 0.05) is 6.54 Å². The molecule has 174 valence electrons. The third-order valence-electron chi connectivity index (χ3n) is 4.72. The monoisotopic (exact) mass is 436 g/mol. The number of nitrogens with two attached hydrogens (primary N) is 1. The maximum absolute atomic E-state index is 11.7. The molecular weight excluding hydrogens is 391 g/mol. The van der Waals surface area contributed by atoms with Crippen molar-refractivity contribution in [3.8, 4) is 0 Å². The number of aliphatic hydroxyl groups is 1. The minimum atomic E-state index is -4.14. The lowest BCUT2D eigenvalue weighted by molar-refractivity contribution is 0.107. The lowest BCUT2D eigenvalue weighted by Gasteiger charge is -2.18. The molecule has 29 heavy (non-hydrogen) atoms. The second-order valence-electron chi connectivity index (χ2n) is 7.95. The number of unbranched alkanes of at least 4 members (excludes halogenated alkanes) is 10. The molecule has 0 saturated heterocycles. The number of phosphoric acid groups is 1. The van der Waals surface area contributed by atoms with Gasteiger partial charge in [-0.2, -0.15) is 0 Å². The van der Waals surface area contributed by atoms with Crippen molar-refractivity contribution in [2.75, 3.05) is 33.9 Å². The summed E-state index contributed by atoms with van der Waals surface area (Å²) in [5.74, 6) is 0. The molecule has 7 nitrogen and oxygen atoms in total. The van der Waals surface area contributed by atoms with Crippen molar-refractivity contribution in [2.45, 2.75) is 89.7 Å². The number of rotatable bonds is 20. The molecule has 3 atom stereocenters. The molecule has 8 heteroatoms. The summed E-state index contributed by atoms with van der Waals surface area (Å²) >= 11 is 0. The highest BCUT2D eigenvalue weighted by atomic mass is 31.2. The van der Waals surface area contributed by atoms with Crippen LogP contribution in [-0.2, 0) is 13.6 Å². The van der Waals surface area contributed by atoms with Crippen molar-refractivity contribution in [2.24, 2.45) is 5.73 Å². The minimum absolute atomic E-state index is 0.0807. The van der Waals surface area contributed by atoms with Crippen LogP contribution >= 0.6 is 7.82 Å². The van der Waals surface area contributed by atoms with Crippen molar-refractivity contribution in [1.29, 1.82) is 0 Å². The average molecular weight is 437 g/mol. The Morgan fingerprint density at radius 3 is 2.10 bits per heavy atom. The average Bonchev–Trinajstić information content (AvgIpc) is 2.66. The van der Waals surface area contributed by atoms with Gasteiger partial charge < -0.3 is 20.6 Å². The smallest absolute Gasteiger partial charge is 0.387 e. The molecule has 0 amide bonds. The van der Waals surface area contributed by atoms with Crippen LogP contribution in [0.15, 0.2) is 12.2 Å². The number of allylic oxidation sites excluding steroid dienone is 1. The summed E-state index contributed by atoms with van der Waals surface area (Å²) in [4.78, 5) is 11.4. The molecule has 4 N–H and O–H groups in total. The van der Waals surface area contributed by atoms with Crippen molar-refractivity contribution in [3.05, 3.63) is 12.2 Å². The quantitative estimate of drug-likeness (QED) is 0.149. The Hall–Kier alpha value is -0.270. The highest BCUT2D eigenvalue weighted by Crippen LogP contribution is 2.43. The Balaban J connectivity index is 3.72. The van der Waals surface area contributed by atoms with Gasteiger partial charge in [0.25, 0.3) is 0 Å². The molecule has 0 fully saturated rings. The largest absolute Gasteiger partial charge is 0.472 e. The van der Waals surface area contributed by atoms with Crippen LogP contribution in [0.25, 0.3) is 0 Å². The molecule has 1 unspecified atom stereocenters. The zero-order valence-corrected chi connectivity index (χ0v) is 19.7. The van der Waals surface area contributed by atoms with Crippen LogP contribution in [0.5, 0.6) is 0 Å². The van der Waals surface area contributed by atoms with Gasteiger partial charge in [0.2, 0.25) is 0 Å². The first-order chi connectivity index (χ1) is 13.8. The van der Waals surface area contributed by atoms with Crippen LogP contribution in [0.1, 0.15) is 77.6 Å². The summed E-state index contributed by atoms with van der Waals surface area (Å²) in [7, 11) is -0.475. The van der Waals surface area contributed by atoms with E-state index < -0.39 is 20.0 Å². The van der Waals surface area contributed by atoms with E-state index in [4.69, 9.17) is 14.8 Å². The summed E-state index contributed by atoms with van der Waals surface area (Å²) < 4.78 is 21.4. The van der Waals surface area contributed by atoms with Gasteiger partial charge in [-0.1, -0.05) is 76.9 Å². The van der Waals surface area contributed by atoms with E-state index in [2.05, 4.69) is 6.92 Å². The first kappa shape index (κ1) is 28.7. The van der Waals surface area contributed by atoms with Crippen LogP contribution in [0.2, 0.25) is 0 Å². The third-order valence-corrected chi connectivity index (χ3v) is 5.70. The molecule has 0 aromatic rings. The van der Waals surface area contributed by atoms with Crippen LogP contribution in [0.4, 0.5) is 0 Å². The zero-order valence-electron chi connectivity index (χ0n) is 18.8. The normalized spacial score (nSPS) is 16.4. The minimum Gasteiger partial charge on any atom is -0.387 e. The van der Waals surface area contributed by atoms with Gasteiger partial charge in [-0.25, -0.2) is 4.57 Å². The Labute approximate surface area is 178 Å². The van der Waals surface area contributed by atoms with Crippen molar-refractivity contribution in [3.63, 3.8) is 0 Å². The molecule has 0 rings (SSSR count). The first-order valence-corrected chi connectivity index (χ1v) is 12.6. The number of hydrogen-bond donors (Lipinski definition) is 3. The van der Waals surface area contributed by atoms with Gasteiger partial charge in [0.1, 0.15) is 0 Å². The van der Waals surface area contributed by atoms with E-state index in [-0.39, 0.29) is 13.2 Å². The molecule has 0 radical (unpaired) electrons. The van der Waals surface area contributed by atoms with Gasteiger partial charge in [-0.05, 0) is 26.9 Å². The van der Waals surface area contributed by atoms with Crippen LogP contribution < -0.4 is 5.73 Å². The molecular formula is C21H45N2O5P. The van der Waals surface area contributed by atoms with E-state index in [1.807, 2.05) is 25.1 Å². The van der Waals surface area contributed by atoms with E-state index in [0.29, 0.717) is 6.54 Å². The highest BCUT2D eigenvalue weighted by Gasteiger charge is 2.24. The van der Waals surface area contributed by atoms with E-state index in [9.17, 15) is 14.6 Å². The van der Waals surface area contributed by atoms with E-state index in [1.165, 1.54) is 57.8 Å². The maximum atomic E-state index is 11.7. The first-order valence-electron chi connectivity index (χ1n) is 11.2. The molecule has 0 aliphatic rings. The number of nitrogens with zero attached hydrogens (tertiary/aromatic N) is 1. The Bertz CT molecular complexity index is 449. The summed E-state index contributed by atoms with van der Waals surface area (Å²) in [6.07, 6.45) is 16.5. The van der Waals surface area contributed by atoms with Gasteiger partial charge in [0.05, 0.1) is 25.4 Å². The zero-order chi connectivity index (χ0) is 22.0. The summed E-state index contributed by atoms with van der Waals surface area (Å²) in [6, 6.07) is -0.781. The molecule has 0 bridgehead atoms. The molecule has 0 aromatic heterocycles. The van der Waals surface area contributed by atoms with Crippen LogP contribution in [-0.4, -0.2) is 60.9 Å². The van der Waals surface area contributed by atoms with Gasteiger partial charge in [0.15, 0.2) is 0 Å². The molecule has 0 aliphatic heterocycles. The molecule has 0 aromatic carbocycles. The molecule has 0 heterocycles. The van der Waals surface area contributed by atoms with E-state index in [1.54, 1.807) is 6.08 Å². The number of aliphatic hydroxyl groups excluding tert-OH is 1. The highest BCUT2D eigenvalue weighted by molar-refractivity contribution is 7.47. The van der Waals surface area contributed by atoms with Crippen LogP contribution in [0.3, 0.4) is 0 Å². The lowest BCUT2D eigenvalue weighted by atomic mass is 10.1. The second kappa shape index (κ2) is 18.5. The van der Waals surface area contributed by atoms with Crippen molar-refractivity contribution < 1.29 is 23.6 Å². The number of hydrogen-bond acceptors (Lipinski definition) is 6. The fourth-order valence-corrected chi connectivity index (χ4v) is 3.53. The second-order valence-corrected chi connectivity index (χ2v) is 9.41. The van der Waals surface area contributed by atoms with Crippen molar-refractivity contribution >= 4 is 7.82 Å². The van der Waals surface area contributed by atoms with Crippen molar-refractivity contribution in [1.82, 2.24) is 4.90 Å². The fraction of sp³-hybridized carbons (Fsp3) is 0.905. The summed E-state index contributed by atoms with van der Waals surface area (Å²) in [5, 5.41) is 10.0.